The van der Waals surface area contributed by atoms with Gasteiger partial charge in [-0.3, -0.25) is 4.79 Å². The Labute approximate surface area is 111 Å². The van der Waals surface area contributed by atoms with E-state index in [9.17, 15) is 18.0 Å². The van der Waals surface area contributed by atoms with E-state index in [1.165, 1.54) is 12.3 Å². The molecule has 0 amide bonds. The fourth-order valence-electron chi connectivity index (χ4n) is 1.76. The second-order valence-electron chi connectivity index (χ2n) is 4.11. The first-order valence-corrected chi connectivity index (χ1v) is 5.59. The van der Waals surface area contributed by atoms with Crippen LogP contribution in [-0.4, -0.2) is 30.2 Å². The van der Waals surface area contributed by atoms with Crippen LogP contribution in [-0.2, 0) is 4.74 Å². The smallest absolute Gasteiger partial charge is 0.364 e. The van der Waals surface area contributed by atoms with Crippen molar-refractivity contribution in [3.8, 4) is 6.07 Å². The predicted octanol–water partition coefficient (Wildman–Crippen LogP) is 2.80. The number of Topliss-reactive ketones (excluding diaryl/α,β-unsaturated/α-hetero) is 1. The van der Waals surface area contributed by atoms with Gasteiger partial charge in [-0.1, -0.05) is 6.07 Å². The van der Waals surface area contributed by atoms with Crippen LogP contribution in [0.25, 0.3) is 10.9 Å². The lowest BCUT2D eigenvalue weighted by atomic mass is 10.1. The number of halogens is 3. The van der Waals surface area contributed by atoms with Crippen LogP contribution in [0, 0.1) is 11.3 Å². The number of rotatable bonds is 4. The molecule has 2 rings (SSSR count). The first-order valence-electron chi connectivity index (χ1n) is 5.59. The number of benzene rings is 1. The Kier molecular flexibility index (Phi) is 3.77. The van der Waals surface area contributed by atoms with Gasteiger partial charge in [-0.15, -0.1) is 0 Å². The van der Waals surface area contributed by atoms with E-state index in [0.717, 1.165) is 0 Å². The lowest BCUT2D eigenvalue weighted by Gasteiger charge is -2.06. The highest BCUT2D eigenvalue weighted by Crippen LogP contribution is 2.20. The molecule has 7 heteroatoms. The third kappa shape index (κ3) is 3.16. The molecule has 0 aliphatic heterocycles. The van der Waals surface area contributed by atoms with Crippen LogP contribution in [0.15, 0.2) is 24.4 Å². The average Bonchev–Trinajstić information content (AvgIpc) is 2.79. The monoisotopic (exact) mass is 282 g/mol. The Morgan fingerprint density at radius 1 is 1.40 bits per heavy atom. The largest absolute Gasteiger partial charge is 0.411 e. The zero-order valence-electron chi connectivity index (χ0n) is 10.1. The minimum atomic E-state index is -4.46. The maximum Gasteiger partial charge on any atom is 0.411 e. The first kappa shape index (κ1) is 14.1. The molecule has 2 aromatic rings. The molecule has 104 valence electrons. The highest BCUT2D eigenvalue weighted by atomic mass is 19.4. The van der Waals surface area contributed by atoms with Gasteiger partial charge in [0.25, 0.3) is 0 Å². The number of hydrogen-bond donors (Lipinski definition) is 1. The SMILES string of the molecule is N#Cc1ccc2c(C(=O)COCC(F)(F)F)c[nH]c2c1. The predicted molar refractivity (Wildman–Crippen MR) is 64.2 cm³/mol. The van der Waals surface area contributed by atoms with Crippen molar-refractivity contribution in [2.75, 3.05) is 13.2 Å². The average molecular weight is 282 g/mol. The maximum atomic E-state index is 11.9. The molecule has 1 aromatic heterocycles. The summed E-state index contributed by atoms with van der Waals surface area (Å²) in [4.78, 5) is 14.6. The Morgan fingerprint density at radius 2 is 2.15 bits per heavy atom. The molecule has 0 radical (unpaired) electrons. The highest BCUT2D eigenvalue weighted by Gasteiger charge is 2.28. The quantitative estimate of drug-likeness (QED) is 0.877. The van der Waals surface area contributed by atoms with Gasteiger partial charge in [-0.05, 0) is 12.1 Å². The summed E-state index contributed by atoms with van der Waals surface area (Å²) in [6, 6.07) is 6.61. The summed E-state index contributed by atoms with van der Waals surface area (Å²) < 4.78 is 40.1. The van der Waals surface area contributed by atoms with Crippen molar-refractivity contribution in [3.05, 3.63) is 35.5 Å². The number of alkyl halides is 3. The molecule has 1 N–H and O–H groups in total. The summed E-state index contributed by atoms with van der Waals surface area (Å²) in [5.41, 5.74) is 1.24. The fraction of sp³-hybridized carbons (Fsp3) is 0.231. The number of aromatic nitrogens is 1. The number of H-pyrrole nitrogens is 1. The maximum absolute atomic E-state index is 11.9. The topological polar surface area (TPSA) is 65.9 Å². The van der Waals surface area contributed by atoms with Gasteiger partial charge < -0.3 is 9.72 Å². The fourth-order valence-corrected chi connectivity index (χ4v) is 1.76. The Hall–Kier alpha value is -2.33. The zero-order chi connectivity index (χ0) is 14.8. The lowest BCUT2D eigenvalue weighted by molar-refractivity contribution is -0.170. The van der Waals surface area contributed by atoms with Gasteiger partial charge in [0.15, 0.2) is 5.78 Å². The number of hydrogen-bond acceptors (Lipinski definition) is 3. The number of ether oxygens (including phenoxy) is 1. The molecule has 4 nitrogen and oxygen atoms in total. The molecule has 20 heavy (non-hydrogen) atoms. The van der Waals surface area contributed by atoms with Crippen LogP contribution in [0.3, 0.4) is 0 Å². The molecule has 0 bridgehead atoms. The molecule has 0 aliphatic carbocycles. The van der Waals surface area contributed by atoms with Gasteiger partial charge in [-0.2, -0.15) is 18.4 Å². The molecule has 0 spiro atoms. The summed E-state index contributed by atoms with van der Waals surface area (Å²) in [6.45, 7) is -2.11. The third-order valence-electron chi connectivity index (χ3n) is 2.61. The Balaban J connectivity index is 2.13. The molecule has 0 unspecified atom stereocenters. The number of aromatic amines is 1. The number of carbonyl (C=O) groups is 1. The molecule has 0 saturated heterocycles. The van der Waals surface area contributed by atoms with E-state index in [0.29, 0.717) is 16.5 Å². The summed E-state index contributed by atoms with van der Waals surface area (Å²) in [5.74, 6) is -0.551. The molecule has 1 heterocycles. The van der Waals surface area contributed by atoms with Crippen molar-refractivity contribution < 1.29 is 22.7 Å². The van der Waals surface area contributed by atoms with Crippen molar-refractivity contribution in [1.29, 1.82) is 5.26 Å². The van der Waals surface area contributed by atoms with Crippen LogP contribution in [0.2, 0.25) is 0 Å². The summed E-state index contributed by atoms with van der Waals surface area (Å²) in [7, 11) is 0. The van der Waals surface area contributed by atoms with Gasteiger partial charge in [0, 0.05) is 22.7 Å². The van der Waals surface area contributed by atoms with Crippen LogP contribution in [0.1, 0.15) is 15.9 Å². The van der Waals surface area contributed by atoms with E-state index in [1.807, 2.05) is 6.07 Å². The van der Waals surface area contributed by atoms with Crippen molar-refractivity contribution >= 4 is 16.7 Å². The zero-order valence-corrected chi connectivity index (χ0v) is 10.1. The second-order valence-corrected chi connectivity index (χ2v) is 4.11. The summed E-state index contributed by atoms with van der Waals surface area (Å²) in [6.07, 6.45) is -3.06. The van der Waals surface area contributed by atoms with E-state index in [-0.39, 0.29) is 5.56 Å². The van der Waals surface area contributed by atoms with Gasteiger partial charge in [-0.25, -0.2) is 0 Å². The van der Waals surface area contributed by atoms with E-state index < -0.39 is 25.2 Å². The van der Waals surface area contributed by atoms with Gasteiger partial charge in [0.2, 0.25) is 0 Å². The van der Waals surface area contributed by atoms with E-state index >= 15 is 0 Å². The normalized spacial score (nSPS) is 11.5. The van der Waals surface area contributed by atoms with E-state index in [4.69, 9.17) is 5.26 Å². The van der Waals surface area contributed by atoms with Crippen molar-refractivity contribution in [2.45, 2.75) is 6.18 Å². The highest BCUT2D eigenvalue weighted by molar-refractivity contribution is 6.08. The lowest BCUT2D eigenvalue weighted by Crippen LogP contribution is -2.20. The van der Waals surface area contributed by atoms with Crippen LogP contribution in [0.5, 0.6) is 0 Å². The van der Waals surface area contributed by atoms with Gasteiger partial charge in [0.1, 0.15) is 13.2 Å². The third-order valence-corrected chi connectivity index (χ3v) is 2.61. The molecule has 0 aliphatic rings. The Morgan fingerprint density at radius 3 is 2.80 bits per heavy atom. The minimum Gasteiger partial charge on any atom is -0.364 e. The number of fused-ring (bicyclic) bond motifs is 1. The minimum absolute atomic E-state index is 0.242. The molecular formula is C13H9F3N2O2. The van der Waals surface area contributed by atoms with Crippen molar-refractivity contribution in [1.82, 2.24) is 4.98 Å². The Bertz CT molecular complexity index is 683. The van der Waals surface area contributed by atoms with Gasteiger partial charge >= 0.3 is 6.18 Å². The molecule has 0 fully saturated rings. The molecular weight excluding hydrogens is 273 g/mol. The van der Waals surface area contributed by atoms with E-state index in [1.54, 1.807) is 12.1 Å². The number of carbonyl (C=O) groups excluding carboxylic acids is 1. The van der Waals surface area contributed by atoms with Crippen LogP contribution >= 0.6 is 0 Å². The number of nitrogens with zero attached hydrogens (tertiary/aromatic N) is 1. The summed E-state index contributed by atoms with van der Waals surface area (Å²) in [5, 5.41) is 9.29. The first-order chi connectivity index (χ1) is 9.40. The molecule has 0 saturated carbocycles. The van der Waals surface area contributed by atoms with E-state index in [2.05, 4.69) is 9.72 Å². The van der Waals surface area contributed by atoms with Crippen LogP contribution in [0.4, 0.5) is 13.2 Å². The number of nitrogens with one attached hydrogen (secondary N) is 1. The molecule has 0 atom stereocenters. The number of ketones is 1. The van der Waals surface area contributed by atoms with Crippen LogP contribution < -0.4 is 0 Å². The van der Waals surface area contributed by atoms with Crippen molar-refractivity contribution in [3.63, 3.8) is 0 Å². The standard InChI is InChI=1S/C13H9F3N2O2/c14-13(15,16)7-20-6-12(19)10-5-18-11-3-8(4-17)1-2-9(10)11/h1-3,5,18H,6-7H2. The molecule has 1 aromatic carbocycles. The van der Waals surface area contributed by atoms with Gasteiger partial charge in [0.05, 0.1) is 11.6 Å². The number of nitriles is 1. The van der Waals surface area contributed by atoms with Crippen molar-refractivity contribution in [2.24, 2.45) is 0 Å². The summed E-state index contributed by atoms with van der Waals surface area (Å²) >= 11 is 0. The second kappa shape index (κ2) is 5.35.